The van der Waals surface area contributed by atoms with Crippen LogP contribution in [0.1, 0.15) is 12.0 Å². The van der Waals surface area contributed by atoms with Crippen molar-refractivity contribution in [1.82, 2.24) is 15.6 Å². The fourth-order valence-electron chi connectivity index (χ4n) is 3.10. The minimum absolute atomic E-state index is 0. The lowest BCUT2D eigenvalue weighted by molar-refractivity contribution is 0.311. The average molecular weight is 519 g/mol. The van der Waals surface area contributed by atoms with Crippen molar-refractivity contribution in [2.45, 2.75) is 13.0 Å². The number of nitrogens with zero attached hydrogens (tertiary/aromatic N) is 3. The smallest absolute Gasteiger partial charge is 0.191 e. The second-order valence-corrected chi connectivity index (χ2v) is 6.94. The summed E-state index contributed by atoms with van der Waals surface area (Å²) in [5, 5.41) is 9.09. The van der Waals surface area contributed by atoms with E-state index in [1.165, 1.54) is 10.8 Å². The number of hydrogen-bond acceptors (Lipinski definition) is 4. The molecule has 6 nitrogen and oxygen atoms in total. The Labute approximate surface area is 195 Å². The van der Waals surface area contributed by atoms with E-state index in [1.54, 1.807) is 13.2 Å². The number of halogens is 1. The number of hydrogen-bond donors (Lipinski definition) is 2. The number of fused-ring (bicyclic) bond motifs is 1. The number of aliphatic imine (C=N–C) groups is 1. The van der Waals surface area contributed by atoms with E-state index in [0.29, 0.717) is 13.2 Å². The molecule has 0 bridgehead atoms. The van der Waals surface area contributed by atoms with Gasteiger partial charge in [0.25, 0.3) is 0 Å². The van der Waals surface area contributed by atoms with Crippen LogP contribution in [0.4, 0.5) is 5.82 Å². The van der Waals surface area contributed by atoms with E-state index in [4.69, 9.17) is 4.74 Å². The van der Waals surface area contributed by atoms with Crippen LogP contribution < -0.4 is 20.3 Å². The molecule has 0 aliphatic heterocycles. The standard InChI is InChI=1S/C23H29N5O.HI/c1-24-23(27-17-20-10-6-13-25-22(20)28(2)3)26-14-7-15-29-21-12-11-18-8-4-5-9-19(18)16-21;/h4-6,8-13,16H,7,14-15,17H2,1-3H3,(H2,24,26,27);1H. The van der Waals surface area contributed by atoms with Gasteiger partial charge in [0.1, 0.15) is 11.6 Å². The number of rotatable bonds is 8. The summed E-state index contributed by atoms with van der Waals surface area (Å²) in [5.74, 6) is 2.63. The van der Waals surface area contributed by atoms with Crippen molar-refractivity contribution in [3.8, 4) is 5.75 Å². The highest BCUT2D eigenvalue weighted by atomic mass is 127. The summed E-state index contributed by atoms with van der Waals surface area (Å²) in [6.07, 6.45) is 2.69. The Kier molecular flexibility index (Phi) is 9.66. The van der Waals surface area contributed by atoms with Gasteiger partial charge in [0.15, 0.2) is 5.96 Å². The van der Waals surface area contributed by atoms with Crippen LogP contribution in [0.25, 0.3) is 10.8 Å². The third kappa shape index (κ3) is 6.76. The lowest BCUT2D eigenvalue weighted by Crippen LogP contribution is -2.38. The number of aromatic nitrogens is 1. The minimum Gasteiger partial charge on any atom is -0.494 e. The van der Waals surface area contributed by atoms with Gasteiger partial charge in [-0.2, -0.15) is 0 Å². The lowest BCUT2D eigenvalue weighted by atomic mass is 10.1. The monoisotopic (exact) mass is 519 g/mol. The van der Waals surface area contributed by atoms with Gasteiger partial charge in [-0.3, -0.25) is 4.99 Å². The normalized spacial score (nSPS) is 11.0. The van der Waals surface area contributed by atoms with E-state index in [1.807, 2.05) is 43.3 Å². The summed E-state index contributed by atoms with van der Waals surface area (Å²) in [7, 11) is 5.76. The molecule has 3 rings (SSSR count). The highest BCUT2D eigenvalue weighted by molar-refractivity contribution is 14.0. The second-order valence-electron chi connectivity index (χ2n) is 6.94. The Balaban J connectivity index is 0.00000320. The molecule has 160 valence electrons. The molecule has 2 N–H and O–H groups in total. The van der Waals surface area contributed by atoms with Gasteiger partial charge in [0.2, 0.25) is 0 Å². The van der Waals surface area contributed by atoms with Gasteiger partial charge >= 0.3 is 0 Å². The molecule has 0 atom stereocenters. The van der Waals surface area contributed by atoms with Gasteiger partial charge in [-0.15, -0.1) is 24.0 Å². The van der Waals surface area contributed by atoms with Crippen LogP contribution >= 0.6 is 24.0 Å². The molecule has 0 radical (unpaired) electrons. The first-order chi connectivity index (χ1) is 14.2. The number of anilines is 1. The first-order valence-electron chi connectivity index (χ1n) is 9.84. The summed E-state index contributed by atoms with van der Waals surface area (Å²) in [6, 6.07) is 18.5. The van der Waals surface area contributed by atoms with Crippen molar-refractivity contribution in [2.75, 3.05) is 39.2 Å². The Hall–Kier alpha value is -2.55. The van der Waals surface area contributed by atoms with Crippen LogP contribution in [-0.4, -0.2) is 45.2 Å². The van der Waals surface area contributed by atoms with Crippen molar-refractivity contribution in [3.05, 3.63) is 66.4 Å². The third-order valence-corrected chi connectivity index (χ3v) is 4.56. The molecule has 0 aliphatic carbocycles. The molecule has 7 heteroatoms. The molecule has 0 fully saturated rings. The van der Waals surface area contributed by atoms with Crippen molar-refractivity contribution in [3.63, 3.8) is 0 Å². The number of nitrogens with one attached hydrogen (secondary N) is 2. The average Bonchev–Trinajstić information content (AvgIpc) is 2.75. The Morgan fingerprint density at radius 3 is 2.60 bits per heavy atom. The molecule has 0 unspecified atom stereocenters. The molecular formula is C23H30IN5O. The van der Waals surface area contributed by atoms with E-state index in [0.717, 1.165) is 36.1 Å². The highest BCUT2D eigenvalue weighted by Gasteiger charge is 2.06. The van der Waals surface area contributed by atoms with Crippen molar-refractivity contribution in [1.29, 1.82) is 0 Å². The molecule has 1 aromatic heterocycles. The molecule has 2 aromatic carbocycles. The lowest BCUT2D eigenvalue weighted by Gasteiger charge is -2.17. The van der Waals surface area contributed by atoms with Crippen molar-refractivity contribution >= 4 is 46.5 Å². The number of pyridine rings is 1. The van der Waals surface area contributed by atoms with Gasteiger partial charge < -0.3 is 20.3 Å². The molecule has 0 amide bonds. The topological polar surface area (TPSA) is 61.8 Å². The quantitative estimate of drug-likeness (QED) is 0.204. The van der Waals surface area contributed by atoms with E-state index in [2.05, 4.69) is 50.9 Å². The zero-order valence-corrected chi connectivity index (χ0v) is 20.1. The SMILES string of the molecule is CN=C(NCCCOc1ccc2ccccc2c1)NCc1cccnc1N(C)C.I. The summed E-state index contributed by atoms with van der Waals surface area (Å²) in [5.41, 5.74) is 1.13. The van der Waals surface area contributed by atoms with E-state index in [-0.39, 0.29) is 24.0 Å². The minimum atomic E-state index is 0. The molecule has 0 spiro atoms. The van der Waals surface area contributed by atoms with E-state index >= 15 is 0 Å². The van der Waals surface area contributed by atoms with Crippen LogP contribution in [0.2, 0.25) is 0 Å². The maximum atomic E-state index is 5.89. The number of ether oxygens (including phenoxy) is 1. The summed E-state index contributed by atoms with van der Waals surface area (Å²) in [6.45, 7) is 2.09. The molecule has 0 saturated carbocycles. The van der Waals surface area contributed by atoms with Crippen LogP contribution in [0, 0.1) is 0 Å². The number of benzene rings is 2. The summed E-state index contributed by atoms with van der Waals surface area (Å²) >= 11 is 0. The van der Waals surface area contributed by atoms with Crippen LogP contribution in [0.5, 0.6) is 5.75 Å². The van der Waals surface area contributed by atoms with Gasteiger partial charge in [-0.25, -0.2) is 4.98 Å². The predicted molar refractivity (Wildman–Crippen MR) is 136 cm³/mol. The third-order valence-electron chi connectivity index (χ3n) is 4.56. The van der Waals surface area contributed by atoms with Gasteiger partial charge in [-0.1, -0.05) is 36.4 Å². The zero-order chi connectivity index (χ0) is 20.5. The van der Waals surface area contributed by atoms with Gasteiger partial charge in [0.05, 0.1) is 6.61 Å². The van der Waals surface area contributed by atoms with Crippen molar-refractivity contribution in [2.24, 2.45) is 4.99 Å². The van der Waals surface area contributed by atoms with Crippen LogP contribution in [0.15, 0.2) is 65.8 Å². The maximum Gasteiger partial charge on any atom is 0.191 e. The predicted octanol–water partition coefficient (Wildman–Crippen LogP) is 4.05. The summed E-state index contributed by atoms with van der Waals surface area (Å²) in [4.78, 5) is 10.7. The fraction of sp³-hybridized carbons (Fsp3) is 0.304. The number of guanidine groups is 1. The molecule has 0 saturated heterocycles. The Bertz CT molecular complexity index is 961. The van der Waals surface area contributed by atoms with Gasteiger partial charge in [0, 0.05) is 46.0 Å². The second kappa shape index (κ2) is 12.2. The Morgan fingerprint density at radius 1 is 1.03 bits per heavy atom. The summed E-state index contributed by atoms with van der Waals surface area (Å²) < 4.78 is 5.89. The molecule has 3 aromatic rings. The largest absolute Gasteiger partial charge is 0.494 e. The molecular weight excluding hydrogens is 489 g/mol. The van der Waals surface area contributed by atoms with Gasteiger partial charge in [-0.05, 0) is 35.4 Å². The molecule has 1 heterocycles. The fourth-order valence-corrected chi connectivity index (χ4v) is 3.10. The molecule has 30 heavy (non-hydrogen) atoms. The van der Waals surface area contributed by atoms with E-state index in [9.17, 15) is 0 Å². The van der Waals surface area contributed by atoms with Crippen LogP contribution in [-0.2, 0) is 6.54 Å². The first-order valence-corrected chi connectivity index (χ1v) is 9.84. The molecule has 0 aliphatic rings. The Morgan fingerprint density at radius 2 is 1.83 bits per heavy atom. The zero-order valence-electron chi connectivity index (χ0n) is 17.8. The van der Waals surface area contributed by atoms with Crippen LogP contribution in [0.3, 0.4) is 0 Å². The van der Waals surface area contributed by atoms with E-state index < -0.39 is 0 Å². The highest BCUT2D eigenvalue weighted by Crippen LogP contribution is 2.20. The van der Waals surface area contributed by atoms with Crippen molar-refractivity contribution < 1.29 is 4.74 Å². The first kappa shape index (κ1) is 23.7. The maximum absolute atomic E-state index is 5.89.